The molecule has 0 nitrogen and oxygen atoms in total. The van der Waals surface area contributed by atoms with Crippen LogP contribution in [-0.2, 0) is 6.42 Å². The zero-order valence-corrected chi connectivity index (χ0v) is 17.2. The number of unbranched alkanes of at least 4 members (excludes halogenated alkanes) is 1. The van der Waals surface area contributed by atoms with Crippen molar-refractivity contribution in [2.45, 2.75) is 79.6 Å². The molecule has 2 aromatic rings. The van der Waals surface area contributed by atoms with Gasteiger partial charge < -0.3 is 0 Å². The highest BCUT2D eigenvalue weighted by Crippen LogP contribution is 2.30. The van der Waals surface area contributed by atoms with E-state index in [1.165, 1.54) is 65.5 Å². The minimum absolute atomic E-state index is 0.632. The summed E-state index contributed by atoms with van der Waals surface area (Å²) in [5, 5.41) is 0. The third-order valence-electron chi connectivity index (χ3n) is 5.85. The fourth-order valence-corrected chi connectivity index (χ4v) is 3.77. The first kappa shape index (κ1) is 19.8. The van der Waals surface area contributed by atoms with Gasteiger partial charge in [0, 0.05) is 0 Å². The summed E-state index contributed by atoms with van der Waals surface area (Å²) in [6, 6.07) is 14.0. The second kappa shape index (κ2) is 9.22. The van der Waals surface area contributed by atoms with Crippen LogP contribution in [0.4, 0.5) is 0 Å². The van der Waals surface area contributed by atoms with Crippen LogP contribution in [0.1, 0.15) is 78.8 Å². The largest absolute Gasteiger partial charge is 0.0654 e. The molecule has 0 heterocycles. The van der Waals surface area contributed by atoms with Crippen LogP contribution in [0.25, 0.3) is 0 Å². The molecule has 0 aliphatic rings. The molecule has 0 fully saturated rings. The van der Waals surface area contributed by atoms with Crippen molar-refractivity contribution in [3.05, 3.63) is 69.8 Å². The summed E-state index contributed by atoms with van der Waals surface area (Å²) >= 11 is 0. The van der Waals surface area contributed by atoms with Crippen LogP contribution in [0.3, 0.4) is 0 Å². The van der Waals surface area contributed by atoms with Crippen LogP contribution in [-0.4, -0.2) is 0 Å². The lowest BCUT2D eigenvalue weighted by molar-refractivity contribution is 0.403. The van der Waals surface area contributed by atoms with E-state index in [4.69, 9.17) is 0 Å². The molecule has 0 aliphatic carbocycles. The Balaban J connectivity index is 2.10. The summed E-state index contributed by atoms with van der Waals surface area (Å²) in [7, 11) is 0. The molecule has 0 spiro atoms. The van der Waals surface area contributed by atoms with Gasteiger partial charge in [-0.2, -0.15) is 0 Å². The Morgan fingerprint density at radius 3 is 2.04 bits per heavy atom. The van der Waals surface area contributed by atoms with Crippen molar-refractivity contribution in [1.82, 2.24) is 0 Å². The standard InChI is InChI=1S/C25H36/c1-7-8-9-23(17-24-12-10-18(2)20(4)14-24)15-22(6)25-13-11-19(3)21(5)16-25/h10-14,16,22-23H,7-9,15,17H2,1-6H3. The summed E-state index contributed by atoms with van der Waals surface area (Å²) in [5.41, 5.74) is 8.66. The van der Waals surface area contributed by atoms with E-state index in [-0.39, 0.29) is 0 Å². The van der Waals surface area contributed by atoms with Crippen LogP contribution in [0, 0.1) is 33.6 Å². The van der Waals surface area contributed by atoms with Gasteiger partial charge in [-0.25, -0.2) is 0 Å². The van der Waals surface area contributed by atoms with Gasteiger partial charge in [0.15, 0.2) is 0 Å². The van der Waals surface area contributed by atoms with Crippen LogP contribution >= 0.6 is 0 Å². The van der Waals surface area contributed by atoms with Gasteiger partial charge in [0.25, 0.3) is 0 Å². The monoisotopic (exact) mass is 336 g/mol. The maximum atomic E-state index is 2.41. The van der Waals surface area contributed by atoms with Crippen molar-refractivity contribution < 1.29 is 0 Å². The van der Waals surface area contributed by atoms with Gasteiger partial charge in [-0.3, -0.25) is 0 Å². The predicted molar refractivity (Wildman–Crippen MR) is 112 cm³/mol. The van der Waals surface area contributed by atoms with Gasteiger partial charge in [0.2, 0.25) is 0 Å². The summed E-state index contributed by atoms with van der Waals surface area (Å²) in [6.07, 6.45) is 6.49. The first-order valence-corrected chi connectivity index (χ1v) is 10.0. The van der Waals surface area contributed by atoms with E-state index in [1.54, 1.807) is 0 Å². The van der Waals surface area contributed by atoms with Crippen LogP contribution in [0.2, 0.25) is 0 Å². The van der Waals surface area contributed by atoms with Crippen LogP contribution in [0.15, 0.2) is 36.4 Å². The van der Waals surface area contributed by atoms with Gasteiger partial charge in [0.1, 0.15) is 0 Å². The van der Waals surface area contributed by atoms with Gasteiger partial charge in [-0.1, -0.05) is 69.5 Å². The molecule has 136 valence electrons. The molecule has 0 bridgehead atoms. The summed E-state index contributed by atoms with van der Waals surface area (Å²) in [6.45, 7) is 13.6. The minimum Gasteiger partial charge on any atom is -0.0654 e. The van der Waals surface area contributed by atoms with Crippen molar-refractivity contribution >= 4 is 0 Å². The molecular formula is C25H36. The zero-order valence-electron chi connectivity index (χ0n) is 17.2. The molecule has 2 atom stereocenters. The van der Waals surface area contributed by atoms with Crippen molar-refractivity contribution in [2.75, 3.05) is 0 Å². The molecule has 2 rings (SSSR count). The molecule has 0 N–H and O–H groups in total. The van der Waals surface area contributed by atoms with E-state index in [9.17, 15) is 0 Å². The molecule has 0 amide bonds. The number of hydrogen-bond donors (Lipinski definition) is 0. The second-order valence-corrected chi connectivity index (χ2v) is 8.11. The topological polar surface area (TPSA) is 0 Å². The average Bonchev–Trinajstić information content (AvgIpc) is 2.58. The van der Waals surface area contributed by atoms with E-state index in [0.29, 0.717) is 5.92 Å². The van der Waals surface area contributed by atoms with Gasteiger partial charge >= 0.3 is 0 Å². The zero-order chi connectivity index (χ0) is 18.4. The normalized spacial score (nSPS) is 13.7. The van der Waals surface area contributed by atoms with Crippen molar-refractivity contribution in [3.63, 3.8) is 0 Å². The van der Waals surface area contributed by atoms with Crippen molar-refractivity contribution in [2.24, 2.45) is 5.92 Å². The van der Waals surface area contributed by atoms with Gasteiger partial charge in [-0.05, 0) is 85.8 Å². The van der Waals surface area contributed by atoms with E-state index >= 15 is 0 Å². The lowest BCUT2D eigenvalue weighted by Gasteiger charge is -2.22. The molecule has 0 aromatic heterocycles. The van der Waals surface area contributed by atoms with Crippen LogP contribution < -0.4 is 0 Å². The Labute approximate surface area is 155 Å². The Morgan fingerprint density at radius 1 is 0.800 bits per heavy atom. The average molecular weight is 337 g/mol. The number of rotatable bonds is 8. The maximum absolute atomic E-state index is 2.41. The van der Waals surface area contributed by atoms with Gasteiger partial charge in [-0.15, -0.1) is 0 Å². The van der Waals surface area contributed by atoms with E-state index in [1.807, 2.05) is 0 Å². The highest BCUT2D eigenvalue weighted by atomic mass is 14.2. The van der Waals surface area contributed by atoms with Gasteiger partial charge in [0.05, 0.1) is 0 Å². The van der Waals surface area contributed by atoms with Crippen molar-refractivity contribution in [1.29, 1.82) is 0 Å². The smallest absolute Gasteiger partial charge is 0.0188 e. The molecule has 2 aromatic carbocycles. The third-order valence-corrected chi connectivity index (χ3v) is 5.85. The van der Waals surface area contributed by atoms with E-state index < -0.39 is 0 Å². The summed E-state index contributed by atoms with van der Waals surface area (Å²) in [4.78, 5) is 0. The lowest BCUT2D eigenvalue weighted by atomic mass is 9.83. The molecule has 0 saturated carbocycles. The third kappa shape index (κ3) is 5.73. The highest BCUT2D eigenvalue weighted by molar-refractivity contribution is 5.32. The molecule has 0 heteroatoms. The summed E-state index contributed by atoms with van der Waals surface area (Å²) < 4.78 is 0. The Kier molecular flexibility index (Phi) is 7.29. The van der Waals surface area contributed by atoms with E-state index in [2.05, 4.69) is 77.9 Å². The predicted octanol–water partition coefficient (Wildman–Crippen LogP) is 7.46. The quantitative estimate of drug-likeness (QED) is 0.469. The lowest BCUT2D eigenvalue weighted by Crippen LogP contribution is -2.10. The molecule has 0 saturated heterocycles. The first-order valence-electron chi connectivity index (χ1n) is 10.0. The highest BCUT2D eigenvalue weighted by Gasteiger charge is 2.16. The number of hydrogen-bond acceptors (Lipinski definition) is 0. The molecule has 25 heavy (non-hydrogen) atoms. The summed E-state index contributed by atoms with van der Waals surface area (Å²) in [5.74, 6) is 1.41. The fraction of sp³-hybridized carbons (Fsp3) is 0.520. The molecular weight excluding hydrogens is 300 g/mol. The molecule has 0 aliphatic heterocycles. The maximum Gasteiger partial charge on any atom is -0.0188 e. The first-order chi connectivity index (χ1) is 11.9. The van der Waals surface area contributed by atoms with Crippen LogP contribution in [0.5, 0.6) is 0 Å². The molecule has 0 radical (unpaired) electrons. The Hall–Kier alpha value is -1.56. The molecule has 2 unspecified atom stereocenters. The number of aryl methyl sites for hydroxylation is 4. The number of benzene rings is 2. The fourth-order valence-electron chi connectivity index (χ4n) is 3.77. The minimum atomic E-state index is 0.632. The Morgan fingerprint density at radius 2 is 1.44 bits per heavy atom. The Bertz CT molecular complexity index is 680. The second-order valence-electron chi connectivity index (χ2n) is 8.11. The van der Waals surface area contributed by atoms with E-state index in [0.717, 1.165) is 5.92 Å². The SMILES string of the molecule is CCCCC(Cc1ccc(C)c(C)c1)CC(C)c1ccc(C)c(C)c1. The van der Waals surface area contributed by atoms with Crippen molar-refractivity contribution in [3.8, 4) is 0 Å².